The molecule has 2 aliphatic heterocycles. The first-order valence-corrected chi connectivity index (χ1v) is 12.7. The normalized spacial score (nSPS) is 19.1. The van der Waals surface area contributed by atoms with E-state index in [1.807, 2.05) is 41.3 Å². The summed E-state index contributed by atoms with van der Waals surface area (Å²) < 4.78 is 24.0. The summed E-state index contributed by atoms with van der Waals surface area (Å²) >= 11 is 6.51. The van der Waals surface area contributed by atoms with Crippen LogP contribution < -0.4 is 9.47 Å². The number of benzene rings is 2. The molecule has 1 saturated heterocycles. The van der Waals surface area contributed by atoms with Gasteiger partial charge in [0.25, 0.3) is 0 Å². The maximum atomic E-state index is 13.3. The molecule has 2 aliphatic rings. The fourth-order valence-electron chi connectivity index (χ4n) is 5.24. The van der Waals surface area contributed by atoms with Gasteiger partial charge in [0.05, 0.1) is 26.2 Å². The number of rotatable bonds is 6. The van der Waals surface area contributed by atoms with Crippen molar-refractivity contribution in [3.05, 3.63) is 64.0 Å². The summed E-state index contributed by atoms with van der Waals surface area (Å²) in [6.07, 6.45) is 1.03. The predicted octanol–water partition coefficient (Wildman–Crippen LogP) is 6.31. The highest BCUT2D eigenvalue weighted by molar-refractivity contribution is 6.30. The van der Waals surface area contributed by atoms with Gasteiger partial charge in [0, 0.05) is 29.6 Å². The zero-order chi connectivity index (χ0) is 25.4. The van der Waals surface area contributed by atoms with Gasteiger partial charge in [-0.3, -0.25) is 4.79 Å². The topological polar surface area (TPSA) is 74.0 Å². The van der Waals surface area contributed by atoms with Crippen molar-refractivity contribution in [1.29, 1.82) is 0 Å². The molecule has 1 aromatic heterocycles. The standard InChI is InChI=1S/C28H31ClN2O5/c1-16(2)26-24-18-11-10-17(29)14-20(18)27(19-8-7-9-21(33-3)28(19)34-4)35-22(25(24)30-36-26)15-23(32)31-12-5-6-13-31/h7-11,14,16,22,27H,5-6,12-13,15H2,1-4H3. The minimum absolute atomic E-state index is 0.0536. The Morgan fingerprint density at radius 1 is 1.14 bits per heavy atom. The number of carbonyl (C=O) groups excluding carboxylic acids is 1. The van der Waals surface area contributed by atoms with Crippen LogP contribution in [0, 0.1) is 0 Å². The van der Waals surface area contributed by atoms with Crippen molar-refractivity contribution in [2.24, 2.45) is 0 Å². The third-order valence-corrected chi connectivity index (χ3v) is 7.21. The van der Waals surface area contributed by atoms with Gasteiger partial charge in [-0.1, -0.05) is 48.8 Å². The van der Waals surface area contributed by atoms with E-state index in [-0.39, 0.29) is 18.2 Å². The molecule has 190 valence electrons. The Hall–Kier alpha value is -3.03. The Morgan fingerprint density at radius 3 is 2.61 bits per heavy atom. The molecule has 0 aliphatic carbocycles. The second-order valence-corrected chi connectivity index (χ2v) is 10.0. The molecule has 2 atom stereocenters. The summed E-state index contributed by atoms with van der Waals surface area (Å²) in [5.41, 5.74) is 4.08. The average Bonchev–Trinajstić information content (AvgIpc) is 3.55. The summed E-state index contributed by atoms with van der Waals surface area (Å²) in [5, 5.41) is 5.05. The van der Waals surface area contributed by atoms with Crippen LogP contribution in [0.15, 0.2) is 40.9 Å². The van der Waals surface area contributed by atoms with Crippen LogP contribution in [0.3, 0.4) is 0 Å². The highest BCUT2D eigenvalue weighted by atomic mass is 35.5. The van der Waals surface area contributed by atoms with Crippen molar-refractivity contribution in [2.75, 3.05) is 27.3 Å². The average molecular weight is 511 g/mol. The van der Waals surface area contributed by atoms with Crippen LogP contribution in [0.4, 0.5) is 0 Å². The first-order chi connectivity index (χ1) is 17.4. The maximum Gasteiger partial charge on any atom is 0.225 e. The van der Waals surface area contributed by atoms with E-state index in [4.69, 9.17) is 30.3 Å². The largest absolute Gasteiger partial charge is 0.493 e. The Kier molecular flexibility index (Phi) is 6.95. The Morgan fingerprint density at radius 2 is 1.92 bits per heavy atom. The molecule has 7 nitrogen and oxygen atoms in total. The number of fused-ring (bicyclic) bond motifs is 3. The molecule has 0 saturated carbocycles. The Bertz CT molecular complexity index is 1260. The first-order valence-electron chi connectivity index (χ1n) is 12.4. The summed E-state index contributed by atoms with van der Waals surface area (Å²) in [6.45, 7) is 5.68. The molecule has 3 heterocycles. The second-order valence-electron chi connectivity index (χ2n) is 9.57. The fraction of sp³-hybridized carbons (Fsp3) is 0.429. The molecular formula is C28H31ClN2O5. The van der Waals surface area contributed by atoms with Gasteiger partial charge < -0.3 is 23.6 Å². The van der Waals surface area contributed by atoms with Crippen molar-refractivity contribution in [3.8, 4) is 22.6 Å². The first kappa shape index (κ1) is 24.7. The molecule has 1 fully saturated rings. The molecule has 3 aromatic rings. The number of ether oxygens (including phenoxy) is 3. The van der Waals surface area contributed by atoms with Crippen molar-refractivity contribution in [2.45, 2.75) is 51.2 Å². The highest BCUT2D eigenvalue weighted by Gasteiger charge is 2.38. The lowest BCUT2D eigenvalue weighted by molar-refractivity contribution is -0.134. The minimum atomic E-state index is -0.614. The third-order valence-electron chi connectivity index (χ3n) is 6.97. The van der Waals surface area contributed by atoms with Gasteiger partial charge in [-0.2, -0.15) is 0 Å². The number of nitrogens with zero attached hydrogens (tertiary/aromatic N) is 2. The lowest BCUT2D eigenvalue weighted by Gasteiger charge is -2.26. The quantitative estimate of drug-likeness (QED) is 0.387. The lowest BCUT2D eigenvalue weighted by Crippen LogP contribution is -2.29. The van der Waals surface area contributed by atoms with E-state index in [1.54, 1.807) is 14.2 Å². The number of amides is 1. The van der Waals surface area contributed by atoms with Crippen LogP contribution in [-0.4, -0.2) is 43.3 Å². The third kappa shape index (κ3) is 4.35. The molecule has 0 bridgehead atoms. The SMILES string of the molecule is COc1cccc(C2OC(CC(=O)N3CCCC3)c3noc(C(C)C)c3-c3ccc(Cl)cc32)c1OC. The molecule has 2 aromatic carbocycles. The van der Waals surface area contributed by atoms with E-state index in [0.717, 1.165) is 53.9 Å². The van der Waals surface area contributed by atoms with Crippen LogP contribution in [0.25, 0.3) is 11.1 Å². The molecule has 0 radical (unpaired) electrons. The number of methoxy groups -OCH3 is 2. The van der Waals surface area contributed by atoms with Gasteiger partial charge in [-0.05, 0) is 42.2 Å². The van der Waals surface area contributed by atoms with E-state index in [2.05, 4.69) is 19.0 Å². The van der Waals surface area contributed by atoms with Crippen LogP contribution >= 0.6 is 11.6 Å². The van der Waals surface area contributed by atoms with Crippen molar-refractivity contribution in [3.63, 3.8) is 0 Å². The molecule has 5 rings (SSSR count). The maximum absolute atomic E-state index is 13.3. The predicted molar refractivity (Wildman–Crippen MR) is 137 cm³/mol. The van der Waals surface area contributed by atoms with Gasteiger partial charge in [-0.25, -0.2) is 0 Å². The zero-order valence-electron chi connectivity index (χ0n) is 21.0. The van der Waals surface area contributed by atoms with Gasteiger partial charge in [-0.15, -0.1) is 0 Å². The number of likely N-dealkylation sites (tertiary alicyclic amines) is 1. The summed E-state index contributed by atoms with van der Waals surface area (Å²) in [7, 11) is 3.21. The van der Waals surface area contributed by atoms with E-state index in [1.165, 1.54) is 0 Å². The number of para-hydroxylation sites is 1. The van der Waals surface area contributed by atoms with Gasteiger partial charge in [0.15, 0.2) is 11.5 Å². The van der Waals surface area contributed by atoms with Crippen LogP contribution in [0.1, 0.15) is 73.8 Å². The van der Waals surface area contributed by atoms with Crippen molar-refractivity contribution >= 4 is 17.5 Å². The smallest absolute Gasteiger partial charge is 0.225 e. The van der Waals surface area contributed by atoms with E-state index < -0.39 is 12.2 Å². The van der Waals surface area contributed by atoms with Gasteiger partial charge >= 0.3 is 0 Å². The van der Waals surface area contributed by atoms with Crippen LogP contribution in [0.2, 0.25) is 5.02 Å². The van der Waals surface area contributed by atoms with Crippen LogP contribution in [0.5, 0.6) is 11.5 Å². The van der Waals surface area contributed by atoms with E-state index in [0.29, 0.717) is 22.2 Å². The molecule has 0 spiro atoms. The van der Waals surface area contributed by atoms with Crippen molar-refractivity contribution in [1.82, 2.24) is 10.1 Å². The van der Waals surface area contributed by atoms with Gasteiger partial charge in [0.1, 0.15) is 23.7 Å². The van der Waals surface area contributed by atoms with E-state index >= 15 is 0 Å². The zero-order valence-corrected chi connectivity index (χ0v) is 21.8. The van der Waals surface area contributed by atoms with Gasteiger partial charge in [0.2, 0.25) is 5.91 Å². The number of carbonyl (C=O) groups is 1. The number of aromatic nitrogens is 1. The molecule has 8 heteroatoms. The summed E-state index contributed by atoms with van der Waals surface area (Å²) in [6, 6.07) is 11.4. The summed E-state index contributed by atoms with van der Waals surface area (Å²) in [5.74, 6) is 2.07. The summed E-state index contributed by atoms with van der Waals surface area (Å²) in [4.78, 5) is 15.2. The molecule has 0 N–H and O–H groups in total. The molecule has 2 unspecified atom stereocenters. The molecule has 1 amide bonds. The number of hydrogen-bond donors (Lipinski definition) is 0. The minimum Gasteiger partial charge on any atom is -0.493 e. The highest BCUT2D eigenvalue weighted by Crippen LogP contribution is 2.50. The number of hydrogen-bond acceptors (Lipinski definition) is 6. The second kappa shape index (κ2) is 10.1. The fourth-order valence-corrected chi connectivity index (χ4v) is 5.42. The lowest BCUT2D eigenvalue weighted by atomic mass is 9.90. The Balaban J connectivity index is 1.70. The van der Waals surface area contributed by atoms with Crippen molar-refractivity contribution < 1.29 is 23.5 Å². The van der Waals surface area contributed by atoms with E-state index in [9.17, 15) is 4.79 Å². The van der Waals surface area contributed by atoms with Crippen LogP contribution in [-0.2, 0) is 9.53 Å². The number of halogens is 1. The molecule has 36 heavy (non-hydrogen) atoms. The molecular weight excluding hydrogens is 480 g/mol. The Labute approximate surface area is 216 Å². The monoisotopic (exact) mass is 510 g/mol.